The van der Waals surface area contributed by atoms with Gasteiger partial charge in [0.25, 0.3) is 0 Å². The van der Waals surface area contributed by atoms with E-state index < -0.39 is 6.04 Å². The lowest BCUT2D eigenvalue weighted by Crippen LogP contribution is -2.54. The van der Waals surface area contributed by atoms with Crippen molar-refractivity contribution in [2.45, 2.75) is 32.9 Å². The highest BCUT2D eigenvalue weighted by atomic mass is 16.5. The molecule has 7 heteroatoms. The maximum atomic E-state index is 12.2. The lowest BCUT2D eigenvalue weighted by atomic mass is 10.1. The maximum Gasteiger partial charge on any atom is 0.237 e. The second-order valence-corrected chi connectivity index (χ2v) is 5.84. The number of nitrogens with zero attached hydrogens (tertiary/aromatic N) is 2. The highest BCUT2D eigenvalue weighted by molar-refractivity contribution is 5.88. The van der Waals surface area contributed by atoms with E-state index in [2.05, 4.69) is 15.6 Å². The van der Waals surface area contributed by atoms with Crippen molar-refractivity contribution in [3.63, 3.8) is 0 Å². The van der Waals surface area contributed by atoms with Gasteiger partial charge in [0.2, 0.25) is 17.7 Å². The number of methoxy groups -OCH3 is 1. The van der Waals surface area contributed by atoms with Crippen molar-refractivity contribution >= 4 is 11.8 Å². The van der Waals surface area contributed by atoms with E-state index >= 15 is 0 Å². The number of carbonyl (C=O) groups excluding carboxylic acids is 2. The molecule has 1 aromatic rings. The Morgan fingerprint density at radius 1 is 1.52 bits per heavy atom. The van der Waals surface area contributed by atoms with E-state index in [0.717, 1.165) is 23.4 Å². The van der Waals surface area contributed by atoms with Gasteiger partial charge < -0.3 is 15.4 Å². The van der Waals surface area contributed by atoms with E-state index in [1.54, 1.807) is 7.11 Å². The first kappa shape index (κ1) is 17.2. The first-order valence-electron chi connectivity index (χ1n) is 7.68. The summed E-state index contributed by atoms with van der Waals surface area (Å²) in [6, 6.07) is 1.54. The molecule has 7 nitrogen and oxygen atoms in total. The zero-order valence-electron chi connectivity index (χ0n) is 14.1. The molecule has 126 valence electrons. The zero-order valence-corrected chi connectivity index (χ0v) is 14.1. The van der Waals surface area contributed by atoms with Gasteiger partial charge in [-0.1, -0.05) is 0 Å². The number of hydrogen-bond acceptors (Lipinski definition) is 5. The Morgan fingerprint density at radius 2 is 2.26 bits per heavy atom. The number of aryl methyl sites for hydroxylation is 2. The lowest BCUT2D eigenvalue weighted by molar-refractivity contribution is -0.133. The van der Waals surface area contributed by atoms with Gasteiger partial charge in [0, 0.05) is 30.9 Å². The first-order chi connectivity index (χ1) is 10.9. The van der Waals surface area contributed by atoms with E-state index in [0.29, 0.717) is 19.0 Å². The minimum absolute atomic E-state index is 0.0975. The summed E-state index contributed by atoms with van der Waals surface area (Å²) in [5.74, 6) is 0.260. The van der Waals surface area contributed by atoms with Gasteiger partial charge in [-0.2, -0.15) is 0 Å². The fourth-order valence-corrected chi connectivity index (χ4v) is 2.73. The maximum absolute atomic E-state index is 12.2. The second kappa shape index (κ2) is 7.41. The molecule has 1 fully saturated rings. The Hall–Kier alpha value is -2.15. The van der Waals surface area contributed by atoms with E-state index in [9.17, 15) is 9.59 Å². The van der Waals surface area contributed by atoms with Gasteiger partial charge in [-0.15, -0.1) is 0 Å². The van der Waals surface area contributed by atoms with Crippen LogP contribution in [0.25, 0.3) is 0 Å². The highest BCUT2D eigenvalue weighted by Crippen LogP contribution is 2.20. The molecular formula is C16H24N4O3. The molecule has 0 unspecified atom stereocenters. The van der Waals surface area contributed by atoms with Crippen LogP contribution in [0.2, 0.25) is 0 Å². The van der Waals surface area contributed by atoms with Crippen LogP contribution >= 0.6 is 0 Å². The summed E-state index contributed by atoms with van der Waals surface area (Å²) in [6.45, 7) is 5.56. The van der Waals surface area contributed by atoms with Crippen LogP contribution < -0.4 is 15.4 Å². The second-order valence-electron chi connectivity index (χ2n) is 5.84. The van der Waals surface area contributed by atoms with Gasteiger partial charge in [-0.05, 0) is 32.5 Å². The SMILES string of the molecule is COc1nc(C)cc(C)c1CNC(=O)C[C@@H]1C(=O)NCCN1C. The standard InChI is InChI=1S/C16H24N4O3/c1-10-7-11(2)19-16(23-4)12(10)9-18-14(21)8-13-15(22)17-5-6-20(13)3/h7,13H,5-6,8-9H2,1-4H3,(H,17,22)(H,18,21)/t13-/m1/s1. The quantitative estimate of drug-likeness (QED) is 0.806. The number of hydrogen-bond donors (Lipinski definition) is 2. The summed E-state index contributed by atoms with van der Waals surface area (Å²) in [5.41, 5.74) is 2.74. The Kier molecular flexibility index (Phi) is 5.54. The molecule has 0 aliphatic carbocycles. The molecule has 0 radical (unpaired) electrons. The largest absolute Gasteiger partial charge is 0.481 e. The molecule has 1 aliphatic heterocycles. The molecule has 2 amide bonds. The van der Waals surface area contributed by atoms with Crippen LogP contribution in [0.5, 0.6) is 5.88 Å². The summed E-state index contributed by atoms with van der Waals surface area (Å²) in [4.78, 5) is 30.2. The number of amides is 2. The molecule has 1 aromatic heterocycles. The van der Waals surface area contributed by atoms with E-state index in [4.69, 9.17) is 4.74 Å². The van der Waals surface area contributed by atoms with Crippen molar-refractivity contribution in [2.75, 3.05) is 27.2 Å². The third-order valence-corrected chi connectivity index (χ3v) is 4.07. The van der Waals surface area contributed by atoms with E-state index in [1.807, 2.05) is 31.9 Å². The Balaban J connectivity index is 1.98. The van der Waals surface area contributed by atoms with Gasteiger partial charge in [-0.3, -0.25) is 14.5 Å². The summed E-state index contributed by atoms with van der Waals surface area (Å²) in [7, 11) is 3.42. The summed E-state index contributed by atoms with van der Waals surface area (Å²) < 4.78 is 5.29. The molecule has 2 N–H and O–H groups in total. The number of aromatic nitrogens is 1. The van der Waals surface area contributed by atoms with Crippen LogP contribution in [0, 0.1) is 13.8 Å². The summed E-state index contributed by atoms with van der Waals surface area (Å²) in [6.07, 6.45) is 0.142. The fraction of sp³-hybridized carbons (Fsp3) is 0.562. The Morgan fingerprint density at radius 3 is 2.91 bits per heavy atom. The molecule has 0 saturated carbocycles. The number of likely N-dealkylation sites (N-methyl/N-ethyl adjacent to an activating group) is 1. The van der Waals surface area contributed by atoms with Gasteiger partial charge in [0.1, 0.15) is 0 Å². The monoisotopic (exact) mass is 320 g/mol. The zero-order chi connectivity index (χ0) is 17.0. The topological polar surface area (TPSA) is 83.6 Å². The van der Waals surface area contributed by atoms with Crippen molar-refractivity contribution in [3.05, 3.63) is 22.9 Å². The average Bonchev–Trinajstić information content (AvgIpc) is 2.49. The van der Waals surface area contributed by atoms with Crippen LogP contribution in [0.4, 0.5) is 0 Å². The fourth-order valence-electron chi connectivity index (χ4n) is 2.73. The first-order valence-corrected chi connectivity index (χ1v) is 7.68. The van der Waals surface area contributed by atoms with Crippen molar-refractivity contribution in [2.24, 2.45) is 0 Å². The molecule has 23 heavy (non-hydrogen) atoms. The molecule has 1 saturated heterocycles. The predicted octanol–water partition coefficient (Wildman–Crippen LogP) is 0.144. The molecule has 1 aliphatic rings. The van der Waals surface area contributed by atoms with Gasteiger partial charge in [0.05, 0.1) is 19.6 Å². The normalized spacial score (nSPS) is 18.4. The number of rotatable bonds is 5. The third kappa shape index (κ3) is 4.19. The van der Waals surface area contributed by atoms with Crippen LogP contribution in [0.3, 0.4) is 0 Å². The summed E-state index contributed by atoms with van der Waals surface area (Å²) in [5, 5.41) is 5.64. The van der Waals surface area contributed by atoms with E-state index in [1.165, 1.54) is 0 Å². The molecular weight excluding hydrogens is 296 g/mol. The molecule has 0 spiro atoms. The lowest BCUT2D eigenvalue weighted by Gasteiger charge is -2.31. The van der Waals surface area contributed by atoms with Crippen LogP contribution in [-0.4, -0.2) is 55.0 Å². The number of ether oxygens (including phenoxy) is 1. The van der Waals surface area contributed by atoms with Crippen molar-refractivity contribution < 1.29 is 14.3 Å². The van der Waals surface area contributed by atoms with E-state index in [-0.39, 0.29) is 18.2 Å². The van der Waals surface area contributed by atoms with Crippen molar-refractivity contribution in [1.29, 1.82) is 0 Å². The minimum atomic E-state index is -0.414. The Labute approximate surface area is 136 Å². The smallest absolute Gasteiger partial charge is 0.237 e. The minimum Gasteiger partial charge on any atom is -0.481 e. The molecule has 2 rings (SSSR count). The van der Waals surface area contributed by atoms with Crippen molar-refractivity contribution in [3.8, 4) is 5.88 Å². The molecule has 0 bridgehead atoms. The van der Waals surface area contributed by atoms with Crippen LogP contribution in [-0.2, 0) is 16.1 Å². The number of carbonyl (C=O) groups is 2. The molecule has 0 aromatic carbocycles. The Bertz CT molecular complexity index is 603. The highest BCUT2D eigenvalue weighted by Gasteiger charge is 2.29. The predicted molar refractivity (Wildman–Crippen MR) is 86.2 cm³/mol. The molecule has 1 atom stereocenters. The van der Waals surface area contributed by atoms with Gasteiger partial charge >= 0.3 is 0 Å². The van der Waals surface area contributed by atoms with Gasteiger partial charge in [-0.25, -0.2) is 4.98 Å². The number of pyridine rings is 1. The third-order valence-electron chi connectivity index (χ3n) is 4.07. The average molecular weight is 320 g/mol. The summed E-state index contributed by atoms with van der Waals surface area (Å²) >= 11 is 0. The van der Waals surface area contributed by atoms with Crippen LogP contribution in [0.1, 0.15) is 23.2 Å². The number of piperazine rings is 1. The number of nitrogens with one attached hydrogen (secondary N) is 2. The van der Waals surface area contributed by atoms with Crippen molar-refractivity contribution in [1.82, 2.24) is 20.5 Å². The molecule has 2 heterocycles. The van der Waals surface area contributed by atoms with Crippen LogP contribution in [0.15, 0.2) is 6.07 Å². The van der Waals surface area contributed by atoms with Gasteiger partial charge in [0.15, 0.2) is 0 Å².